The van der Waals surface area contributed by atoms with E-state index in [-0.39, 0.29) is 11.9 Å². The van der Waals surface area contributed by atoms with Gasteiger partial charge in [0, 0.05) is 31.4 Å². The first kappa shape index (κ1) is 16.3. The fourth-order valence-corrected chi connectivity index (χ4v) is 2.58. The maximum atomic E-state index is 12.4. The second-order valence-corrected chi connectivity index (χ2v) is 6.09. The van der Waals surface area contributed by atoms with Crippen LogP contribution in [0.1, 0.15) is 44.7 Å². The highest BCUT2D eigenvalue weighted by molar-refractivity contribution is 5.80. The van der Waals surface area contributed by atoms with Gasteiger partial charge in [0.25, 0.3) is 0 Å². The quantitative estimate of drug-likeness (QED) is 0.844. The minimum Gasteiger partial charge on any atom is -0.347 e. The zero-order chi connectivity index (χ0) is 16.3. The Balaban J connectivity index is 2.49. The number of likely N-dealkylation sites (N-methyl/N-ethyl adjacent to an activating group) is 1. The van der Waals surface area contributed by atoms with Crippen molar-refractivity contribution >= 4 is 5.91 Å². The Labute approximate surface area is 132 Å². The minimum absolute atomic E-state index is 0.0833. The first-order valence-electron chi connectivity index (χ1n) is 7.81. The van der Waals surface area contributed by atoms with Crippen molar-refractivity contribution in [1.82, 2.24) is 14.7 Å². The van der Waals surface area contributed by atoms with Gasteiger partial charge in [-0.2, -0.15) is 5.10 Å². The number of hydrogen-bond donors (Lipinski definition) is 0. The predicted molar refractivity (Wildman–Crippen MR) is 89.8 cm³/mol. The first-order valence-corrected chi connectivity index (χ1v) is 7.81. The van der Waals surface area contributed by atoms with Crippen molar-refractivity contribution in [2.24, 2.45) is 0 Å². The molecule has 0 aliphatic heterocycles. The van der Waals surface area contributed by atoms with E-state index in [9.17, 15) is 4.79 Å². The van der Waals surface area contributed by atoms with Crippen molar-refractivity contribution in [2.75, 3.05) is 14.1 Å². The van der Waals surface area contributed by atoms with Crippen molar-refractivity contribution in [2.45, 2.75) is 39.2 Å². The maximum absolute atomic E-state index is 12.4. The maximum Gasteiger partial charge on any atom is 0.246 e. The zero-order valence-electron chi connectivity index (χ0n) is 14.1. The molecule has 1 aromatic carbocycles. The van der Waals surface area contributed by atoms with E-state index in [1.165, 1.54) is 5.56 Å². The molecule has 0 fully saturated rings. The van der Waals surface area contributed by atoms with Crippen LogP contribution in [-0.4, -0.2) is 34.7 Å². The van der Waals surface area contributed by atoms with Gasteiger partial charge in [0.1, 0.15) is 6.04 Å². The molecule has 0 saturated carbocycles. The highest BCUT2D eigenvalue weighted by Crippen LogP contribution is 2.29. The van der Waals surface area contributed by atoms with E-state index in [0.717, 1.165) is 17.7 Å². The van der Waals surface area contributed by atoms with Gasteiger partial charge in [-0.05, 0) is 12.3 Å². The van der Waals surface area contributed by atoms with E-state index in [1.54, 1.807) is 19.0 Å². The van der Waals surface area contributed by atoms with E-state index < -0.39 is 0 Å². The molecule has 0 saturated heterocycles. The van der Waals surface area contributed by atoms with Gasteiger partial charge in [-0.25, -0.2) is 0 Å². The summed E-state index contributed by atoms with van der Waals surface area (Å²) in [4.78, 5) is 14.0. The van der Waals surface area contributed by atoms with Gasteiger partial charge in [-0.15, -0.1) is 0 Å². The van der Waals surface area contributed by atoms with Crippen molar-refractivity contribution in [3.05, 3.63) is 42.1 Å². The normalized spacial score (nSPS) is 12.5. The molecule has 0 aliphatic carbocycles. The van der Waals surface area contributed by atoms with Crippen LogP contribution in [0.2, 0.25) is 0 Å². The second kappa shape index (κ2) is 6.77. The van der Waals surface area contributed by atoms with Crippen LogP contribution in [0.5, 0.6) is 0 Å². The third kappa shape index (κ3) is 3.21. The SMILES string of the molecule is CC[C@H](C(=O)N(C)C)n1cc(C(C)C)c(-c2ccccc2)n1. The van der Waals surface area contributed by atoms with Gasteiger partial charge in [0.2, 0.25) is 5.91 Å². The van der Waals surface area contributed by atoms with Crippen LogP contribution < -0.4 is 0 Å². The predicted octanol–water partition coefficient (Wildman–Crippen LogP) is 3.71. The molecule has 0 bridgehead atoms. The smallest absolute Gasteiger partial charge is 0.246 e. The molecule has 0 radical (unpaired) electrons. The zero-order valence-corrected chi connectivity index (χ0v) is 14.1. The number of carbonyl (C=O) groups is 1. The van der Waals surface area contributed by atoms with E-state index in [1.807, 2.05) is 36.0 Å². The topological polar surface area (TPSA) is 38.1 Å². The monoisotopic (exact) mass is 299 g/mol. The molecule has 1 aromatic heterocycles. The number of aromatic nitrogens is 2. The molecule has 4 heteroatoms. The summed E-state index contributed by atoms with van der Waals surface area (Å²) in [5, 5.41) is 4.75. The molecule has 1 heterocycles. The number of benzene rings is 1. The summed E-state index contributed by atoms with van der Waals surface area (Å²) in [6.45, 7) is 6.33. The lowest BCUT2D eigenvalue weighted by molar-refractivity contribution is -0.132. The number of rotatable bonds is 5. The summed E-state index contributed by atoms with van der Waals surface area (Å²) in [5.74, 6) is 0.441. The highest BCUT2D eigenvalue weighted by atomic mass is 16.2. The van der Waals surface area contributed by atoms with Gasteiger partial charge in [-0.3, -0.25) is 9.48 Å². The minimum atomic E-state index is -0.245. The molecule has 0 N–H and O–H groups in total. The van der Waals surface area contributed by atoms with E-state index in [4.69, 9.17) is 5.10 Å². The lowest BCUT2D eigenvalue weighted by Gasteiger charge is -2.19. The summed E-state index contributed by atoms with van der Waals surface area (Å²) >= 11 is 0. The molecule has 1 amide bonds. The molecule has 0 unspecified atom stereocenters. The molecule has 22 heavy (non-hydrogen) atoms. The van der Waals surface area contributed by atoms with Gasteiger partial charge < -0.3 is 4.90 Å². The second-order valence-electron chi connectivity index (χ2n) is 6.09. The van der Waals surface area contributed by atoms with Gasteiger partial charge in [0.15, 0.2) is 0 Å². The fourth-order valence-electron chi connectivity index (χ4n) is 2.58. The Bertz CT molecular complexity index is 629. The first-order chi connectivity index (χ1) is 10.5. The average Bonchev–Trinajstić information content (AvgIpc) is 2.94. The summed E-state index contributed by atoms with van der Waals surface area (Å²) in [6.07, 6.45) is 2.76. The van der Waals surface area contributed by atoms with Crippen LogP contribution in [0.25, 0.3) is 11.3 Å². The summed E-state index contributed by atoms with van der Waals surface area (Å²) in [7, 11) is 3.58. The summed E-state index contributed by atoms with van der Waals surface area (Å²) in [5.41, 5.74) is 3.24. The molecule has 2 aromatic rings. The largest absolute Gasteiger partial charge is 0.347 e. The van der Waals surface area contributed by atoms with Crippen LogP contribution in [0.4, 0.5) is 0 Å². The highest BCUT2D eigenvalue weighted by Gasteiger charge is 2.24. The molecule has 1 atom stereocenters. The lowest BCUT2D eigenvalue weighted by Crippen LogP contribution is -2.31. The standard InChI is InChI=1S/C18H25N3O/c1-6-16(18(22)20(4)5)21-12-15(13(2)3)17(19-21)14-10-8-7-9-11-14/h7-13,16H,6H2,1-5H3/t16-/m1/s1. The van der Waals surface area contributed by atoms with Crippen molar-refractivity contribution in [3.8, 4) is 11.3 Å². The number of nitrogens with zero attached hydrogens (tertiary/aromatic N) is 3. The van der Waals surface area contributed by atoms with E-state index in [0.29, 0.717) is 5.92 Å². The Morgan fingerprint density at radius 3 is 2.36 bits per heavy atom. The molecule has 0 spiro atoms. The lowest BCUT2D eigenvalue weighted by atomic mass is 10.00. The van der Waals surface area contributed by atoms with Crippen LogP contribution in [0.15, 0.2) is 36.5 Å². The third-order valence-electron chi connectivity index (χ3n) is 3.86. The summed E-state index contributed by atoms with van der Waals surface area (Å²) < 4.78 is 1.83. The molecule has 2 rings (SSSR count). The van der Waals surface area contributed by atoms with Crippen molar-refractivity contribution in [3.63, 3.8) is 0 Å². The number of amides is 1. The van der Waals surface area contributed by atoms with E-state index in [2.05, 4.69) is 26.0 Å². The molecular formula is C18H25N3O. The Morgan fingerprint density at radius 1 is 1.23 bits per heavy atom. The number of hydrogen-bond acceptors (Lipinski definition) is 2. The van der Waals surface area contributed by atoms with Gasteiger partial charge in [0.05, 0.1) is 5.69 Å². The van der Waals surface area contributed by atoms with Crippen molar-refractivity contribution < 1.29 is 4.79 Å². The Kier molecular flexibility index (Phi) is 5.01. The van der Waals surface area contributed by atoms with Crippen LogP contribution in [0.3, 0.4) is 0 Å². The number of carbonyl (C=O) groups excluding carboxylic acids is 1. The van der Waals surface area contributed by atoms with Crippen LogP contribution in [0, 0.1) is 0 Å². The molecular weight excluding hydrogens is 274 g/mol. The van der Waals surface area contributed by atoms with E-state index >= 15 is 0 Å². The van der Waals surface area contributed by atoms with Crippen LogP contribution >= 0.6 is 0 Å². The van der Waals surface area contributed by atoms with Crippen molar-refractivity contribution in [1.29, 1.82) is 0 Å². The molecule has 0 aliphatic rings. The average molecular weight is 299 g/mol. The third-order valence-corrected chi connectivity index (χ3v) is 3.86. The Hall–Kier alpha value is -2.10. The summed E-state index contributed by atoms with van der Waals surface area (Å²) in [6, 6.07) is 9.91. The Morgan fingerprint density at radius 2 is 1.86 bits per heavy atom. The fraction of sp³-hybridized carbons (Fsp3) is 0.444. The van der Waals surface area contributed by atoms with Gasteiger partial charge >= 0.3 is 0 Å². The van der Waals surface area contributed by atoms with Gasteiger partial charge in [-0.1, -0.05) is 51.1 Å². The van der Waals surface area contributed by atoms with Crippen LogP contribution in [-0.2, 0) is 4.79 Å². The molecule has 118 valence electrons. The molecule has 4 nitrogen and oxygen atoms in total.